The summed E-state index contributed by atoms with van der Waals surface area (Å²) in [6, 6.07) is 11.5. The topological polar surface area (TPSA) is 63.9 Å². The highest BCUT2D eigenvalue weighted by atomic mass is 16.1. The molecule has 27 heavy (non-hydrogen) atoms. The minimum absolute atomic E-state index is 0.0561. The maximum atomic E-state index is 12.4. The second kappa shape index (κ2) is 6.76. The third kappa shape index (κ3) is 3.56. The highest BCUT2D eigenvalue weighted by Crippen LogP contribution is 2.26. The van der Waals surface area contributed by atoms with Crippen LogP contribution >= 0.6 is 0 Å². The van der Waals surface area contributed by atoms with Gasteiger partial charge in [-0.3, -0.25) is 9.78 Å². The van der Waals surface area contributed by atoms with Crippen molar-refractivity contribution in [2.45, 2.75) is 51.6 Å². The second-order valence-electron chi connectivity index (χ2n) is 8.20. The van der Waals surface area contributed by atoms with Crippen molar-refractivity contribution in [2.24, 2.45) is 0 Å². The van der Waals surface area contributed by atoms with Crippen LogP contribution < -0.4 is 10.5 Å². The van der Waals surface area contributed by atoms with Crippen LogP contribution in [0.3, 0.4) is 0 Å². The van der Waals surface area contributed by atoms with Gasteiger partial charge in [0.05, 0.1) is 35.5 Å². The van der Waals surface area contributed by atoms with Crippen LogP contribution in [0, 0.1) is 0 Å². The van der Waals surface area contributed by atoms with Crippen LogP contribution in [-0.2, 0) is 12.0 Å². The summed E-state index contributed by atoms with van der Waals surface area (Å²) in [5.41, 5.74) is 2.57. The molecule has 0 aliphatic carbocycles. The Balaban J connectivity index is 1.63. The van der Waals surface area contributed by atoms with Gasteiger partial charge >= 0.3 is 0 Å². The van der Waals surface area contributed by atoms with Gasteiger partial charge in [-0.1, -0.05) is 32.9 Å². The zero-order valence-corrected chi connectivity index (χ0v) is 16.1. The van der Waals surface area contributed by atoms with Crippen molar-refractivity contribution in [3.8, 4) is 0 Å². The smallest absolute Gasteiger partial charge is 0.266 e. The van der Waals surface area contributed by atoms with E-state index in [-0.39, 0.29) is 17.0 Å². The summed E-state index contributed by atoms with van der Waals surface area (Å²) in [7, 11) is 0. The van der Waals surface area contributed by atoms with Gasteiger partial charge in [-0.15, -0.1) is 0 Å². The Morgan fingerprint density at radius 1 is 1.11 bits per heavy atom. The number of nitrogens with zero attached hydrogens (tertiary/aromatic N) is 5. The maximum Gasteiger partial charge on any atom is 0.266 e. The molecule has 1 aromatic carbocycles. The first-order chi connectivity index (χ1) is 12.9. The molecule has 6 nitrogen and oxygen atoms in total. The number of fused-ring (bicyclic) bond motifs is 1. The molecule has 1 atom stereocenters. The van der Waals surface area contributed by atoms with Gasteiger partial charge in [0.15, 0.2) is 0 Å². The number of benzene rings is 1. The van der Waals surface area contributed by atoms with Crippen molar-refractivity contribution in [3.63, 3.8) is 0 Å². The summed E-state index contributed by atoms with van der Waals surface area (Å²) < 4.78 is 1.61. The predicted molar refractivity (Wildman–Crippen MR) is 107 cm³/mol. The minimum Gasteiger partial charge on any atom is -0.350 e. The largest absolute Gasteiger partial charge is 0.350 e. The SMILES string of the molecule is CC(C)(C)c1ccc(=O)n(CC2CCCN2c2cnc3ccccc3n2)n1. The first kappa shape index (κ1) is 17.6. The Hall–Kier alpha value is -2.76. The lowest BCUT2D eigenvalue weighted by Gasteiger charge is -2.26. The Morgan fingerprint density at radius 2 is 1.89 bits per heavy atom. The van der Waals surface area contributed by atoms with Crippen LogP contribution in [-0.4, -0.2) is 32.3 Å². The molecular formula is C21H25N5O. The molecule has 2 aromatic heterocycles. The maximum absolute atomic E-state index is 12.4. The molecule has 4 rings (SSSR count). The van der Waals surface area contributed by atoms with Crippen LogP contribution in [0.1, 0.15) is 39.3 Å². The van der Waals surface area contributed by atoms with Crippen molar-refractivity contribution in [3.05, 3.63) is 58.6 Å². The van der Waals surface area contributed by atoms with E-state index in [2.05, 4.69) is 35.8 Å². The predicted octanol–water partition coefficient (Wildman–Crippen LogP) is 3.15. The number of hydrogen-bond acceptors (Lipinski definition) is 5. The van der Waals surface area contributed by atoms with Gasteiger partial charge in [0.2, 0.25) is 0 Å². The van der Waals surface area contributed by atoms with Crippen LogP contribution in [0.15, 0.2) is 47.4 Å². The number of aromatic nitrogens is 4. The lowest BCUT2D eigenvalue weighted by Crippen LogP contribution is -2.38. The van der Waals surface area contributed by atoms with E-state index in [1.54, 1.807) is 10.7 Å². The molecule has 0 N–H and O–H groups in total. The van der Waals surface area contributed by atoms with Gasteiger partial charge in [0, 0.05) is 18.0 Å². The fourth-order valence-electron chi connectivity index (χ4n) is 3.59. The van der Waals surface area contributed by atoms with Gasteiger partial charge in [-0.05, 0) is 31.0 Å². The first-order valence-electron chi connectivity index (χ1n) is 9.49. The quantitative estimate of drug-likeness (QED) is 0.715. The van der Waals surface area contributed by atoms with Crippen LogP contribution in [0.5, 0.6) is 0 Å². The highest BCUT2D eigenvalue weighted by Gasteiger charge is 2.27. The van der Waals surface area contributed by atoms with Gasteiger partial charge in [-0.2, -0.15) is 5.10 Å². The second-order valence-corrected chi connectivity index (χ2v) is 8.20. The van der Waals surface area contributed by atoms with Crippen LogP contribution in [0.4, 0.5) is 5.82 Å². The average molecular weight is 363 g/mol. The molecule has 1 aliphatic heterocycles. The molecule has 1 aliphatic rings. The normalized spacial score (nSPS) is 17.6. The molecule has 3 aromatic rings. The lowest BCUT2D eigenvalue weighted by molar-refractivity contribution is 0.456. The molecule has 0 radical (unpaired) electrons. The monoisotopic (exact) mass is 363 g/mol. The van der Waals surface area contributed by atoms with Gasteiger partial charge in [0.25, 0.3) is 5.56 Å². The van der Waals surface area contributed by atoms with Gasteiger partial charge < -0.3 is 4.90 Å². The van der Waals surface area contributed by atoms with E-state index in [4.69, 9.17) is 4.98 Å². The molecule has 0 amide bonds. The molecule has 0 saturated carbocycles. The van der Waals surface area contributed by atoms with E-state index in [9.17, 15) is 4.79 Å². The van der Waals surface area contributed by atoms with Gasteiger partial charge in [-0.25, -0.2) is 9.67 Å². The van der Waals surface area contributed by atoms with Gasteiger partial charge in [0.1, 0.15) is 5.82 Å². The third-order valence-electron chi connectivity index (χ3n) is 5.13. The van der Waals surface area contributed by atoms with Crippen LogP contribution in [0.25, 0.3) is 11.0 Å². The summed E-state index contributed by atoms with van der Waals surface area (Å²) in [5.74, 6) is 0.872. The Bertz CT molecular complexity index is 1020. The summed E-state index contributed by atoms with van der Waals surface area (Å²) in [5, 5.41) is 4.63. The highest BCUT2D eigenvalue weighted by molar-refractivity contribution is 5.75. The van der Waals surface area contributed by atoms with E-state index < -0.39 is 0 Å². The van der Waals surface area contributed by atoms with Crippen molar-refractivity contribution < 1.29 is 0 Å². The Morgan fingerprint density at radius 3 is 2.67 bits per heavy atom. The zero-order valence-electron chi connectivity index (χ0n) is 16.1. The number of anilines is 1. The molecule has 3 heterocycles. The molecule has 6 heteroatoms. The lowest BCUT2D eigenvalue weighted by atomic mass is 9.92. The van der Waals surface area contributed by atoms with E-state index >= 15 is 0 Å². The fraction of sp³-hybridized carbons (Fsp3) is 0.429. The zero-order chi connectivity index (χ0) is 19.0. The van der Waals surface area contributed by atoms with Crippen molar-refractivity contribution in [1.29, 1.82) is 0 Å². The average Bonchev–Trinajstić information content (AvgIpc) is 3.10. The van der Waals surface area contributed by atoms with Crippen molar-refractivity contribution in [1.82, 2.24) is 19.7 Å². The molecule has 0 bridgehead atoms. The van der Waals surface area contributed by atoms with E-state index in [0.717, 1.165) is 41.9 Å². The standard InChI is InChI=1S/C21H25N5O/c1-21(2,3)18-10-11-20(27)26(24-18)14-15-7-6-12-25(15)19-13-22-16-8-4-5-9-17(16)23-19/h4-5,8-11,13,15H,6-7,12,14H2,1-3H3. The summed E-state index contributed by atoms with van der Waals surface area (Å²) in [6.07, 6.45) is 3.93. The molecular weight excluding hydrogens is 338 g/mol. The van der Waals surface area contributed by atoms with Crippen molar-refractivity contribution >= 4 is 16.9 Å². The number of rotatable bonds is 3. The molecule has 140 valence electrons. The van der Waals surface area contributed by atoms with E-state index in [1.165, 1.54) is 0 Å². The van der Waals surface area contributed by atoms with E-state index in [0.29, 0.717) is 6.54 Å². The van der Waals surface area contributed by atoms with E-state index in [1.807, 2.05) is 36.5 Å². The van der Waals surface area contributed by atoms with Crippen molar-refractivity contribution in [2.75, 3.05) is 11.4 Å². The Kier molecular flexibility index (Phi) is 4.42. The molecule has 1 unspecified atom stereocenters. The minimum atomic E-state index is -0.0887. The summed E-state index contributed by atoms with van der Waals surface area (Å²) in [6.45, 7) is 7.81. The summed E-state index contributed by atoms with van der Waals surface area (Å²) >= 11 is 0. The number of para-hydroxylation sites is 2. The summed E-state index contributed by atoms with van der Waals surface area (Å²) in [4.78, 5) is 23.9. The van der Waals surface area contributed by atoms with Crippen LogP contribution in [0.2, 0.25) is 0 Å². The third-order valence-corrected chi connectivity index (χ3v) is 5.13. The molecule has 0 spiro atoms. The molecule has 1 fully saturated rings. The molecule has 1 saturated heterocycles. The fourth-order valence-corrected chi connectivity index (χ4v) is 3.59. The number of hydrogen-bond donors (Lipinski definition) is 0. The Labute approximate surface area is 158 Å². The first-order valence-corrected chi connectivity index (χ1v) is 9.49.